The molecule has 50 valence electrons. The lowest BCUT2D eigenvalue weighted by atomic mass is 10.2. The summed E-state index contributed by atoms with van der Waals surface area (Å²) in [5, 5.41) is 6.64. The highest BCUT2D eigenvalue weighted by Gasteiger charge is 2.29. The van der Waals surface area contributed by atoms with E-state index in [1.165, 1.54) is 11.8 Å². The van der Waals surface area contributed by atoms with Gasteiger partial charge in [0.1, 0.15) is 0 Å². The van der Waals surface area contributed by atoms with Gasteiger partial charge in [0.25, 0.3) is 0 Å². The second kappa shape index (κ2) is 2.72. The molecule has 0 spiro atoms. The summed E-state index contributed by atoms with van der Waals surface area (Å²) in [6.07, 6.45) is 3.23. The van der Waals surface area contributed by atoms with Crippen LogP contribution in [0.2, 0.25) is 0 Å². The highest BCUT2D eigenvalue weighted by atomic mass is 35.5. The maximum Gasteiger partial charge on any atom is 0.0781 e. The van der Waals surface area contributed by atoms with Crippen LogP contribution in [0.5, 0.6) is 0 Å². The molecule has 0 amide bonds. The Morgan fingerprint density at radius 1 is 1.89 bits per heavy atom. The first kappa shape index (κ1) is 7.10. The minimum absolute atomic E-state index is 0.168. The smallest absolute Gasteiger partial charge is 0.0781 e. The average Bonchev–Trinajstić information content (AvgIpc) is 2.64. The Morgan fingerprint density at radius 3 is 2.89 bits per heavy atom. The Morgan fingerprint density at radius 2 is 2.56 bits per heavy atom. The molecule has 0 fully saturated rings. The summed E-state index contributed by atoms with van der Waals surface area (Å²) in [4.78, 5) is 0. The highest BCUT2D eigenvalue weighted by Crippen LogP contribution is 2.34. The number of rotatable bonds is 3. The number of hydrogen-bond acceptors (Lipinski definition) is 1. The second-order valence-electron chi connectivity index (χ2n) is 2.01. The molecule has 1 nitrogen and oxygen atoms in total. The zero-order valence-corrected chi connectivity index (χ0v) is 6.28. The fraction of sp³-hybridized carbons (Fsp3) is 0.500. The molecule has 0 aromatic carbocycles. The van der Waals surface area contributed by atoms with Crippen LogP contribution in [0.3, 0.4) is 0 Å². The summed E-state index contributed by atoms with van der Waals surface area (Å²) < 4.78 is 0. The van der Waals surface area contributed by atoms with E-state index in [1.54, 1.807) is 0 Å². The maximum atomic E-state index is 6.81. The summed E-state index contributed by atoms with van der Waals surface area (Å²) in [5.41, 5.74) is 1.17. The van der Waals surface area contributed by atoms with Crippen molar-refractivity contribution in [1.29, 1.82) is 5.41 Å². The molecule has 0 aromatic rings. The van der Waals surface area contributed by atoms with E-state index in [4.69, 9.17) is 28.6 Å². The predicted molar refractivity (Wildman–Crippen MR) is 40.7 cm³/mol. The lowest BCUT2D eigenvalue weighted by Crippen LogP contribution is -2.04. The summed E-state index contributed by atoms with van der Waals surface area (Å²) in [6.45, 7) is 0. The van der Waals surface area contributed by atoms with Crippen molar-refractivity contribution >= 4 is 29.4 Å². The SMILES string of the molecule is N=CC(Cl)C1C=C1CCl. The van der Waals surface area contributed by atoms with Crippen LogP contribution in [0.15, 0.2) is 11.6 Å². The van der Waals surface area contributed by atoms with Gasteiger partial charge in [-0.25, -0.2) is 0 Å². The van der Waals surface area contributed by atoms with Gasteiger partial charge < -0.3 is 5.41 Å². The number of hydrogen-bond donors (Lipinski definition) is 1. The lowest BCUT2D eigenvalue weighted by molar-refractivity contribution is 0.958. The molecule has 0 radical (unpaired) electrons. The fourth-order valence-corrected chi connectivity index (χ4v) is 1.22. The van der Waals surface area contributed by atoms with Gasteiger partial charge in [0, 0.05) is 18.0 Å². The molecule has 2 atom stereocenters. The van der Waals surface area contributed by atoms with Crippen molar-refractivity contribution in [2.75, 3.05) is 5.88 Å². The molecule has 9 heavy (non-hydrogen) atoms. The summed E-state index contributed by atoms with van der Waals surface area (Å²) in [5.74, 6) is 0.837. The van der Waals surface area contributed by atoms with Crippen molar-refractivity contribution in [3.05, 3.63) is 11.6 Å². The van der Waals surface area contributed by atoms with Crippen molar-refractivity contribution in [2.24, 2.45) is 5.92 Å². The van der Waals surface area contributed by atoms with Crippen LogP contribution in [0.25, 0.3) is 0 Å². The van der Waals surface area contributed by atoms with E-state index in [2.05, 4.69) is 0 Å². The minimum atomic E-state index is -0.168. The number of alkyl halides is 2. The van der Waals surface area contributed by atoms with Gasteiger partial charge in [0.15, 0.2) is 0 Å². The van der Waals surface area contributed by atoms with Crippen molar-refractivity contribution in [2.45, 2.75) is 5.38 Å². The molecule has 1 aliphatic rings. The van der Waals surface area contributed by atoms with Crippen LogP contribution in [0.4, 0.5) is 0 Å². The largest absolute Gasteiger partial charge is 0.312 e. The molecule has 0 saturated carbocycles. The van der Waals surface area contributed by atoms with Crippen LogP contribution >= 0.6 is 23.2 Å². The molecule has 0 saturated heterocycles. The predicted octanol–water partition coefficient (Wildman–Crippen LogP) is 2.04. The molecule has 0 aromatic heterocycles. The third kappa shape index (κ3) is 1.46. The van der Waals surface area contributed by atoms with Crippen LogP contribution in [0, 0.1) is 11.3 Å². The summed E-state index contributed by atoms with van der Waals surface area (Å²) in [7, 11) is 0. The second-order valence-corrected chi connectivity index (χ2v) is 2.78. The third-order valence-corrected chi connectivity index (χ3v) is 2.08. The first-order valence-corrected chi connectivity index (χ1v) is 3.68. The van der Waals surface area contributed by atoms with E-state index >= 15 is 0 Å². The van der Waals surface area contributed by atoms with Crippen LogP contribution in [0.1, 0.15) is 0 Å². The average molecular weight is 164 g/mol. The standard InChI is InChI=1S/C6H7Cl2N/c7-2-4-1-5(4)6(8)3-9/h1,3,5-6,9H,2H2. The van der Waals surface area contributed by atoms with Crippen LogP contribution < -0.4 is 0 Å². The number of nitrogens with one attached hydrogen (secondary N) is 1. The van der Waals surface area contributed by atoms with Gasteiger partial charge >= 0.3 is 0 Å². The Balaban J connectivity index is 2.28. The topological polar surface area (TPSA) is 23.9 Å². The van der Waals surface area contributed by atoms with Crippen LogP contribution in [-0.4, -0.2) is 17.5 Å². The van der Waals surface area contributed by atoms with Gasteiger partial charge in [-0.05, 0) is 0 Å². The van der Waals surface area contributed by atoms with Gasteiger partial charge in [0.05, 0.1) is 5.38 Å². The fourth-order valence-electron chi connectivity index (χ4n) is 0.716. The number of allylic oxidation sites excluding steroid dienone is 2. The van der Waals surface area contributed by atoms with Crippen molar-refractivity contribution < 1.29 is 0 Å². The van der Waals surface area contributed by atoms with Crippen molar-refractivity contribution in [3.63, 3.8) is 0 Å². The Kier molecular flexibility index (Phi) is 2.14. The van der Waals surface area contributed by atoms with E-state index in [-0.39, 0.29) is 11.3 Å². The minimum Gasteiger partial charge on any atom is -0.312 e. The third-order valence-electron chi connectivity index (χ3n) is 1.37. The first-order valence-electron chi connectivity index (χ1n) is 2.71. The van der Waals surface area contributed by atoms with Crippen molar-refractivity contribution in [3.8, 4) is 0 Å². The van der Waals surface area contributed by atoms with E-state index in [9.17, 15) is 0 Å². The summed E-state index contributed by atoms with van der Waals surface area (Å²) in [6, 6.07) is 0. The van der Waals surface area contributed by atoms with E-state index in [0.29, 0.717) is 5.88 Å². The molecule has 1 aliphatic carbocycles. The molecule has 3 heteroatoms. The first-order chi connectivity index (χ1) is 4.29. The zero-order valence-electron chi connectivity index (χ0n) is 4.77. The molecular weight excluding hydrogens is 157 g/mol. The van der Waals surface area contributed by atoms with E-state index in [1.807, 2.05) is 6.08 Å². The Labute approximate surface area is 64.2 Å². The van der Waals surface area contributed by atoms with Gasteiger partial charge in [-0.1, -0.05) is 11.6 Å². The lowest BCUT2D eigenvalue weighted by Gasteiger charge is -1.98. The monoisotopic (exact) mass is 163 g/mol. The Bertz CT molecular complexity index is 153. The molecule has 0 heterocycles. The van der Waals surface area contributed by atoms with Gasteiger partial charge in [0.2, 0.25) is 0 Å². The van der Waals surface area contributed by atoms with Crippen LogP contribution in [-0.2, 0) is 0 Å². The molecule has 0 bridgehead atoms. The molecule has 0 aliphatic heterocycles. The van der Waals surface area contributed by atoms with Gasteiger partial charge in [-0.15, -0.1) is 23.2 Å². The van der Waals surface area contributed by atoms with Gasteiger partial charge in [-0.2, -0.15) is 0 Å². The van der Waals surface area contributed by atoms with E-state index in [0.717, 1.165) is 0 Å². The molecule has 1 N–H and O–H groups in total. The van der Waals surface area contributed by atoms with Crippen molar-refractivity contribution in [1.82, 2.24) is 0 Å². The Hall–Kier alpha value is -0.0100. The summed E-state index contributed by atoms with van der Waals surface area (Å²) >= 11 is 11.2. The number of halogens is 2. The van der Waals surface area contributed by atoms with E-state index < -0.39 is 0 Å². The highest BCUT2D eigenvalue weighted by molar-refractivity contribution is 6.29. The molecular formula is C6H7Cl2N. The molecule has 2 unspecified atom stereocenters. The maximum absolute atomic E-state index is 6.81. The quantitative estimate of drug-likeness (QED) is 0.375. The zero-order chi connectivity index (χ0) is 6.85. The normalized spacial score (nSPS) is 26.9. The van der Waals surface area contributed by atoms with Gasteiger partial charge in [-0.3, -0.25) is 0 Å². The molecule has 1 rings (SSSR count).